The number of benzene rings is 1. The molecular formula is C17H17N3O7S2. The average molecular weight is 439 g/mol. The van der Waals surface area contributed by atoms with Crippen LogP contribution in [-0.4, -0.2) is 43.3 Å². The highest BCUT2D eigenvalue weighted by molar-refractivity contribution is 7.80. The van der Waals surface area contributed by atoms with Crippen molar-refractivity contribution < 1.29 is 28.7 Å². The van der Waals surface area contributed by atoms with Crippen molar-refractivity contribution in [2.75, 3.05) is 32.0 Å². The maximum absolute atomic E-state index is 12.2. The smallest absolute Gasteiger partial charge is 0.348 e. The van der Waals surface area contributed by atoms with Gasteiger partial charge < -0.3 is 24.8 Å². The molecule has 12 heteroatoms. The van der Waals surface area contributed by atoms with E-state index >= 15 is 0 Å². The summed E-state index contributed by atoms with van der Waals surface area (Å²) in [6, 6.07) is 4.21. The molecule has 29 heavy (non-hydrogen) atoms. The van der Waals surface area contributed by atoms with E-state index in [-0.39, 0.29) is 31.9 Å². The van der Waals surface area contributed by atoms with E-state index in [0.717, 1.165) is 11.3 Å². The van der Waals surface area contributed by atoms with E-state index in [1.54, 1.807) is 6.92 Å². The molecule has 2 N–H and O–H groups in total. The first-order valence-electron chi connectivity index (χ1n) is 7.93. The zero-order valence-corrected chi connectivity index (χ0v) is 17.5. The molecule has 1 heterocycles. The van der Waals surface area contributed by atoms with Crippen LogP contribution in [0.2, 0.25) is 0 Å². The van der Waals surface area contributed by atoms with Gasteiger partial charge >= 0.3 is 11.9 Å². The largest absolute Gasteiger partial charge is 0.496 e. The van der Waals surface area contributed by atoms with E-state index in [2.05, 4.69) is 10.6 Å². The molecule has 0 saturated heterocycles. The number of hydrogen-bond acceptors (Lipinski definition) is 9. The van der Waals surface area contributed by atoms with Gasteiger partial charge in [-0.15, -0.1) is 11.3 Å². The Morgan fingerprint density at radius 3 is 2.34 bits per heavy atom. The second kappa shape index (κ2) is 9.30. The summed E-state index contributed by atoms with van der Waals surface area (Å²) in [7, 11) is 3.82. The van der Waals surface area contributed by atoms with Crippen LogP contribution < -0.4 is 15.4 Å². The lowest BCUT2D eigenvalue weighted by molar-refractivity contribution is -0.384. The van der Waals surface area contributed by atoms with Gasteiger partial charge in [-0.3, -0.25) is 10.1 Å². The molecule has 0 radical (unpaired) electrons. The van der Waals surface area contributed by atoms with E-state index in [4.69, 9.17) is 26.4 Å². The van der Waals surface area contributed by atoms with Crippen molar-refractivity contribution in [3.63, 3.8) is 0 Å². The van der Waals surface area contributed by atoms with Crippen molar-refractivity contribution >= 4 is 57.0 Å². The minimum Gasteiger partial charge on any atom is -0.496 e. The average Bonchev–Trinajstić information content (AvgIpc) is 3.02. The van der Waals surface area contributed by atoms with Crippen molar-refractivity contribution in [3.05, 3.63) is 44.3 Å². The number of thiocarbonyl (C=S) groups is 1. The molecule has 0 aliphatic rings. The Balaban J connectivity index is 2.35. The van der Waals surface area contributed by atoms with Gasteiger partial charge in [0.05, 0.1) is 37.9 Å². The molecule has 0 amide bonds. The van der Waals surface area contributed by atoms with Crippen LogP contribution in [0.25, 0.3) is 0 Å². The minimum atomic E-state index is -0.672. The van der Waals surface area contributed by atoms with Crippen molar-refractivity contribution in [2.24, 2.45) is 0 Å². The van der Waals surface area contributed by atoms with Gasteiger partial charge in [0.1, 0.15) is 21.3 Å². The lowest BCUT2D eigenvalue weighted by Gasteiger charge is -2.11. The molecule has 0 aliphatic heterocycles. The monoisotopic (exact) mass is 439 g/mol. The van der Waals surface area contributed by atoms with E-state index in [1.165, 1.54) is 39.5 Å². The maximum atomic E-state index is 12.2. The predicted octanol–water partition coefficient (Wildman–Crippen LogP) is 3.36. The highest BCUT2D eigenvalue weighted by atomic mass is 32.1. The summed E-state index contributed by atoms with van der Waals surface area (Å²) in [4.78, 5) is 35.0. The topological polar surface area (TPSA) is 129 Å². The third-order valence-electron chi connectivity index (χ3n) is 3.78. The molecule has 10 nitrogen and oxygen atoms in total. The third-order valence-corrected chi connectivity index (χ3v) is 5.18. The SMILES string of the molecule is COC(=O)c1sc(NC(=S)Nc2ccc(OC)cc2[N+](=O)[O-])c(C(=O)OC)c1C. The fraction of sp³-hybridized carbons (Fsp3) is 0.235. The normalized spacial score (nSPS) is 10.1. The van der Waals surface area contributed by atoms with Gasteiger partial charge in [0.2, 0.25) is 0 Å². The Morgan fingerprint density at radius 2 is 1.79 bits per heavy atom. The Kier molecular flexibility index (Phi) is 7.07. The third kappa shape index (κ3) is 4.78. The highest BCUT2D eigenvalue weighted by Crippen LogP contribution is 2.35. The summed E-state index contributed by atoms with van der Waals surface area (Å²) in [5.74, 6) is -0.976. The van der Waals surface area contributed by atoms with Gasteiger partial charge in [-0.2, -0.15) is 0 Å². The van der Waals surface area contributed by atoms with Crippen molar-refractivity contribution in [3.8, 4) is 5.75 Å². The molecule has 0 unspecified atom stereocenters. The number of anilines is 2. The molecular weight excluding hydrogens is 422 g/mol. The van der Waals surface area contributed by atoms with Crippen molar-refractivity contribution in [1.82, 2.24) is 0 Å². The molecule has 2 rings (SSSR count). The molecule has 1 aromatic heterocycles. The Labute approximate surface area is 174 Å². The lowest BCUT2D eigenvalue weighted by Crippen LogP contribution is -2.20. The molecule has 2 aromatic rings. The second-order valence-electron chi connectivity index (χ2n) is 5.46. The fourth-order valence-corrected chi connectivity index (χ4v) is 3.78. The number of ether oxygens (including phenoxy) is 3. The molecule has 0 atom stereocenters. The van der Waals surface area contributed by atoms with Crippen LogP contribution in [0.1, 0.15) is 25.6 Å². The maximum Gasteiger partial charge on any atom is 0.348 e. The summed E-state index contributed by atoms with van der Waals surface area (Å²) in [6.07, 6.45) is 0. The molecule has 154 valence electrons. The van der Waals surface area contributed by atoms with Gasteiger partial charge in [0, 0.05) is 0 Å². The van der Waals surface area contributed by atoms with E-state index in [0.29, 0.717) is 11.3 Å². The zero-order valence-electron chi connectivity index (χ0n) is 15.9. The Hall–Kier alpha value is -3.25. The number of nitro groups is 1. The van der Waals surface area contributed by atoms with Crippen LogP contribution in [0.5, 0.6) is 5.75 Å². The molecule has 0 fully saturated rings. The first-order chi connectivity index (χ1) is 13.7. The van der Waals surface area contributed by atoms with Crippen molar-refractivity contribution in [2.45, 2.75) is 6.92 Å². The molecule has 0 spiro atoms. The zero-order chi connectivity index (χ0) is 21.7. The quantitative estimate of drug-likeness (QED) is 0.299. The lowest BCUT2D eigenvalue weighted by atomic mass is 10.1. The van der Waals surface area contributed by atoms with Gasteiger partial charge in [-0.05, 0) is 36.8 Å². The number of esters is 2. The van der Waals surface area contributed by atoms with Crippen LogP contribution >= 0.6 is 23.6 Å². The van der Waals surface area contributed by atoms with Crippen LogP contribution in [0.3, 0.4) is 0 Å². The van der Waals surface area contributed by atoms with Crippen LogP contribution in [0, 0.1) is 17.0 Å². The summed E-state index contributed by atoms with van der Waals surface area (Å²) < 4.78 is 14.5. The summed E-state index contributed by atoms with van der Waals surface area (Å²) in [5, 5.41) is 17.0. The molecule has 0 bridgehead atoms. The number of nitrogens with zero attached hydrogens (tertiary/aromatic N) is 1. The first kappa shape index (κ1) is 22.0. The van der Waals surface area contributed by atoms with Crippen molar-refractivity contribution in [1.29, 1.82) is 0 Å². The standard InChI is InChI=1S/C17H17N3O7S2/c1-8-12(15(21)26-3)14(29-13(8)16(22)27-4)19-17(28)18-10-6-5-9(25-2)7-11(10)20(23)24/h5-7H,1-4H3,(H2,18,19,28). The van der Waals surface area contributed by atoms with Crippen LogP contribution in [0.4, 0.5) is 16.4 Å². The number of nitrogens with one attached hydrogen (secondary N) is 2. The first-order valence-corrected chi connectivity index (χ1v) is 9.16. The number of carbonyl (C=O) groups is 2. The number of nitro benzene ring substituents is 1. The summed E-state index contributed by atoms with van der Waals surface area (Å²) in [6.45, 7) is 1.57. The van der Waals surface area contributed by atoms with Crippen LogP contribution in [0.15, 0.2) is 18.2 Å². The predicted molar refractivity (Wildman–Crippen MR) is 111 cm³/mol. The number of thiophene rings is 1. The van der Waals surface area contributed by atoms with E-state index < -0.39 is 16.9 Å². The number of carbonyl (C=O) groups excluding carboxylic acids is 2. The summed E-state index contributed by atoms with van der Waals surface area (Å²) >= 11 is 6.17. The minimum absolute atomic E-state index is 0.0268. The number of rotatable bonds is 6. The number of methoxy groups -OCH3 is 3. The molecule has 1 aromatic carbocycles. The van der Waals surface area contributed by atoms with Gasteiger partial charge in [-0.25, -0.2) is 9.59 Å². The molecule has 0 aliphatic carbocycles. The van der Waals surface area contributed by atoms with E-state index in [9.17, 15) is 19.7 Å². The van der Waals surface area contributed by atoms with Gasteiger partial charge in [-0.1, -0.05) is 0 Å². The Morgan fingerprint density at radius 1 is 1.14 bits per heavy atom. The van der Waals surface area contributed by atoms with Gasteiger partial charge in [0.15, 0.2) is 5.11 Å². The van der Waals surface area contributed by atoms with Gasteiger partial charge in [0.25, 0.3) is 5.69 Å². The fourth-order valence-electron chi connectivity index (χ4n) is 2.39. The van der Waals surface area contributed by atoms with Crippen LogP contribution in [-0.2, 0) is 9.47 Å². The summed E-state index contributed by atoms with van der Waals surface area (Å²) in [5.41, 5.74) is 0.356. The Bertz CT molecular complexity index is 988. The molecule has 0 saturated carbocycles. The van der Waals surface area contributed by atoms with E-state index in [1.807, 2.05) is 0 Å². The second-order valence-corrected chi connectivity index (χ2v) is 6.89. The number of hydrogen-bond donors (Lipinski definition) is 2. The highest BCUT2D eigenvalue weighted by Gasteiger charge is 2.26.